The number of aryl methyl sites for hydroxylation is 1. The average molecular weight is 367 g/mol. The minimum atomic E-state index is 0.824. The average Bonchev–Trinajstić information content (AvgIpc) is 2.56. The Labute approximate surface area is 145 Å². The molecule has 0 saturated carbocycles. The monoisotopic (exact) mass is 366 g/mol. The van der Waals surface area contributed by atoms with E-state index in [2.05, 4.69) is 87.3 Å². The first-order chi connectivity index (χ1) is 11.2. The van der Waals surface area contributed by atoms with Gasteiger partial charge in [-0.25, -0.2) is 4.98 Å². The lowest BCUT2D eigenvalue weighted by atomic mass is 10.1. The molecule has 1 heterocycles. The first kappa shape index (κ1) is 15.8. The highest BCUT2D eigenvalue weighted by atomic mass is 79.9. The van der Waals surface area contributed by atoms with Gasteiger partial charge in [0.2, 0.25) is 0 Å². The quantitative estimate of drug-likeness (QED) is 0.604. The molecule has 1 aromatic heterocycles. The smallest absolute Gasteiger partial charge is 0.143 e. The third-order valence-electron chi connectivity index (χ3n) is 3.69. The highest BCUT2D eigenvalue weighted by Gasteiger charge is 2.13. The Balaban J connectivity index is 1.92. The summed E-state index contributed by atoms with van der Waals surface area (Å²) in [6.45, 7) is 3.70. The third kappa shape index (κ3) is 4.20. The number of nitrogens with zero attached hydrogens (tertiary/aromatic N) is 2. The Bertz CT molecular complexity index is 716. The van der Waals surface area contributed by atoms with Crippen LogP contribution in [0.15, 0.2) is 77.4 Å². The summed E-state index contributed by atoms with van der Waals surface area (Å²) in [7, 11) is 0. The van der Waals surface area contributed by atoms with Crippen molar-refractivity contribution in [1.82, 2.24) is 4.98 Å². The molecule has 0 fully saturated rings. The van der Waals surface area contributed by atoms with E-state index in [-0.39, 0.29) is 0 Å². The molecule has 0 aliphatic heterocycles. The largest absolute Gasteiger partial charge is 0.347 e. The van der Waals surface area contributed by atoms with Crippen molar-refractivity contribution in [2.24, 2.45) is 0 Å². The molecule has 116 valence electrons. The van der Waals surface area contributed by atoms with Crippen LogP contribution in [0.3, 0.4) is 0 Å². The third-order valence-corrected chi connectivity index (χ3v) is 4.27. The molecular weight excluding hydrogens is 348 g/mol. The van der Waals surface area contributed by atoms with Crippen LogP contribution in [-0.2, 0) is 13.1 Å². The predicted molar refractivity (Wildman–Crippen MR) is 99.4 cm³/mol. The Morgan fingerprint density at radius 3 is 1.87 bits per heavy atom. The molecule has 0 radical (unpaired) electrons. The van der Waals surface area contributed by atoms with Crippen LogP contribution in [0.2, 0.25) is 0 Å². The van der Waals surface area contributed by atoms with Crippen LogP contribution in [0.5, 0.6) is 0 Å². The lowest BCUT2D eigenvalue weighted by Gasteiger charge is -2.25. The molecule has 3 aromatic rings. The number of pyridine rings is 1. The lowest BCUT2D eigenvalue weighted by molar-refractivity contribution is 0.780. The van der Waals surface area contributed by atoms with Gasteiger partial charge in [-0.15, -0.1) is 0 Å². The van der Waals surface area contributed by atoms with Gasteiger partial charge in [0.25, 0.3) is 0 Å². The topological polar surface area (TPSA) is 16.1 Å². The fraction of sp³-hybridized carbons (Fsp3) is 0.150. The molecule has 2 aromatic carbocycles. The zero-order chi connectivity index (χ0) is 16.1. The number of rotatable bonds is 5. The summed E-state index contributed by atoms with van der Waals surface area (Å²) in [4.78, 5) is 6.95. The highest BCUT2D eigenvalue weighted by molar-refractivity contribution is 9.10. The maximum atomic E-state index is 4.65. The summed E-state index contributed by atoms with van der Waals surface area (Å²) in [5.74, 6) is 0.975. The fourth-order valence-corrected chi connectivity index (χ4v) is 3.29. The molecule has 0 aliphatic rings. The van der Waals surface area contributed by atoms with Crippen molar-refractivity contribution in [2.75, 3.05) is 4.90 Å². The van der Waals surface area contributed by atoms with Gasteiger partial charge >= 0.3 is 0 Å². The molecule has 0 saturated heterocycles. The van der Waals surface area contributed by atoms with Crippen molar-refractivity contribution in [3.63, 3.8) is 0 Å². The highest BCUT2D eigenvalue weighted by Crippen LogP contribution is 2.27. The van der Waals surface area contributed by atoms with E-state index in [1.165, 1.54) is 11.1 Å². The number of anilines is 1. The Hall–Kier alpha value is -2.13. The second-order valence-corrected chi connectivity index (χ2v) is 6.50. The number of aromatic nitrogens is 1. The van der Waals surface area contributed by atoms with Crippen molar-refractivity contribution in [3.8, 4) is 0 Å². The van der Waals surface area contributed by atoms with Crippen molar-refractivity contribution >= 4 is 21.7 Å². The normalized spacial score (nSPS) is 10.5. The fourth-order valence-electron chi connectivity index (χ4n) is 2.57. The van der Waals surface area contributed by atoms with E-state index in [0.717, 1.165) is 28.9 Å². The Morgan fingerprint density at radius 2 is 1.39 bits per heavy atom. The molecule has 2 nitrogen and oxygen atoms in total. The van der Waals surface area contributed by atoms with Gasteiger partial charge in [-0.05, 0) is 45.6 Å². The summed E-state index contributed by atoms with van der Waals surface area (Å²) in [6, 6.07) is 23.1. The number of halogens is 1. The molecule has 0 aliphatic carbocycles. The van der Waals surface area contributed by atoms with Gasteiger partial charge in [0.05, 0.1) is 4.47 Å². The number of benzene rings is 2. The van der Waals surface area contributed by atoms with Gasteiger partial charge in [-0.3, -0.25) is 0 Å². The van der Waals surface area contributed by atoms with Crippen LogP contribution < -0.4 is 4.90 Å². The van der Waals surface area contributed by atoms with Gasteiger partial charge in [0.15, 0.2) is 0 Å². The van der Waals surface area contributed by atoms with Crippen LogP contribution >= 0.6 is 15.9 Å². The zero-order valence-corrected chi connectivity index (χ0v) is 14.7. The Morgan fingerprint density at radius 1 is 0.870 bits per heavy atom. The van der Waals surface area contributed by atoms with E-state index in [1.54, 1.807) is 0 Å². The van der Waals surface area contributed by atoms with Gasteiger partial charge < -0.3 is 4.90 Å². The second-order valence-electron chi connectivity index (χ2n) is 5.65. The van der Waals surface area contributed by atoms with E-state index >= 15 is 0 Å². The van der Waals surface area contributed by atoms with E-state index < -0.39 is 0 Å². The Kier molecular flexibility index (Phi) is 5.09. The van der Waals surface area contributed by atoms with E-state index in [1.807, 2.05) is 18.3 Å². The molecule has 0 atom stereocenters. The molecule has 0 bridgehead atoms. The maximum absolute atomic E-state index is 4.65. The molecule has 0 unspecified atom stereocenters. The molecule has 3 heteroatoms. The van der Waals surface area contributed by atoms with Crippen LogP contribution in [0.25, 0.3) is 0 Å². The summed E-state index contributed by atoms with van der Waals surface area (Å²) in [6.07, 6.45) is 1.92. The summed E-state index contributed by atoms with van der Waals surface area (Å²) < 4.78 is 1.03. The van der Waals surface area contributed by atoms with Gasteiger partial charge in [-0.1, -0.05) is 60.7 Å². The summed E-state index contributed by atoms with van der Waals surface area (Å²) in [5.41, 5.74) is 3.70. The van der Waals surface area contributed by atoms with Crippen molar-refractivity contribution in [2.45, 2.75) is 20.0 Å². The number of hydrogen-bond donors (Lipinski definition) is 0. The lowest BCUT2D eigenvalue weighted by Crippen LogP contribution is -2.23. The molecule has 0 N–H and O–H groups in total. The first-order valence-electron chi connectivity index (χ1n) is 7.67. The predicted octanol–water partition coefficient (Wildman–Crippen LogP) is 5.36. The van der Waals surface area contributed by atoms with Crippen LogP contribution in [0.4, 0.5) is 5.82 Å². The molecule has 0 spiro atoms. The van der Waals surface area contributed by atoms with Crippen molar-refractivity contribution in [3.05, 3.63) is 94.1 Å². The molecule has 3 rings (SSSR count). The SMILES string of the molecule is Cc1cnc(N(Cc2ccccc2)Cc2ccccc2)c(Br)c1. The summed E-state index contributed by atoms with van der Waals surface area (Å²) in [5, 5.41) is 0. The van der Waals surface area contributed by atoms with Gasteiger partial charge in [0.1, 0.15) is 5.82 Å². The van der Waals surface area contributed by atoms with E-state index in [9.17, 15) is 0 Å². The van der Waals surface area contributed by atoms with Gasteiger partial charge in [0, 0.05) is 19.3 Å². The molecule has 23 heavy (non-hydrogen) atoms. The van der Waals surface area contributed by atoms with Gasteiger partial charge in [-0.2, -0.15) is 0 Å². The van der Waals surface area contributed by atoms with Crippen molar-refractivity contribution < 1.29 is 0 Å². The van der Waals surface area contributed by atoms with Crippen LogP contribution in [-0.4, -0.2) is 4.98 Å². The number of hydrogen-bond acceptors (Lipinski definition) is 2. The zero-order valence-electron chi connectivity index (χ0n) is 13.1. The summed E-state index contributed by atoms with van der Waals surface area (Å²) >= 11 is 3.67. The van der Waals surface area contributed by atoms with E-state index in [0.29, 0.717) is 0 Å². The minimum absolute atomic E-state index is 0.824. The molecule has 0 amide bonds. The van der Waals surface area contributed by atoms with E-state index in [4.69, 9.17) is 0 Å². The molecular formula is C20H19BrN2. The van der Waals surface area contributed by atoms with Crippen LogP contribution in [0, 0.1) is 6.92 Å². The second kappa shape index (κ2) is 7.42. The van der Waals surface area contributed by atoms with Crippen LogP contribution in [0.1, 0.15) is 16.7 Å². The maximum Gasteiger partial charge on any atom is 0.143 e. The minimum Gasteiger partial charge on any atom is -0.347 e. The van der Waals surface area contributed by atoms with Crippen molar-refractivity contribution in [1.29, 1.82) is 0 Å². The standard InChI is InChI=1S/C20H19BrN2/c1-16-12-19(21)20(22-13-16)23(14-17-8-4-2-5-9-17)15-18-10-6-3-7-11-18/h2-13H,14-15H2,1H3. The first-order valence-corrected chi connectivity index (χ1v) is 8.46.